The highest BCUT2D eigenvalue weighted by Gasteiger charge is 2.24. The molecular formula is C16H19N3O3. The Hall–Kier alpha value is -2.34. The van der Waals surface area contributed by atoms with Crippen LogP contribution in [0.5, 0.6) is 5.75 Å². The molecule has 0 saturated carbocycles. The highest BCUT2D eigenvalue weighted by atomic mass is 16.5. The number of hydrogen-bond acceptors (Lipinski definition) is 4. The average Bonchev–Trinajstić information content (AvgIpc) is 3.19. The number of aromatic amines is 1. The first-order valence-corrected chi connectivity index (χ1v) is 7.47. The van der Waals surface area contributed by atoms with Crippen molar-refractivity contribution in [3.05, 3.63) is 30.3 Å². The maximum atomic E-state index is 12.0. The number of ether oxygens (including phenoxy) is 2. The Balaban J connectivity index is 1.66. The Morgan fingerprint density at radius 2 is 2.27 bits per heavy atom. The number of carbonyl (C=O) groups excluding carboxylic acids is 1. The van der Waals surface area contributed by atoms with Crippen LogP contribution in [0.25, 0.3) is 11.3 Å². The number of H-pyrrole nitrogens is 1. The van der Waals surface area contributed by atoms with Crippen molar-refractivity contribution >= 4 is 11.7 Å². The van der Waals surface area contributed by atoms with E-state index in [0.29, 0.717) is 19.0 Å². The van der Waals surface area contributed by atoms with Crippen molar-refractivity contribution < 1.29 is 14.3 Å². The standard InChI is InChI=1S/C16H19N3O3/c1-2-21-12-7-5-11(6-8-12)13-10-15(19-18-13)17-16(20)14-4-3-9-22-14/h5-8,10,14H,2-4,9H2,1H3,(H2,17,18,19,20)/t14-/m1/s1. The summed E-state index contributed by atoms with van der Waals surface area (Å²) in [7, 11) is 0. The van der Waals surface area contributed by atoms with Crippen molar-refractivity contribution in [2.45, 2.75) is 25.9 Å². The summed E-state index contributed by atoms with van der Waals surface area (Å²) in [6.45, 7) is 3.24. The minimum Gasteiger partial charge on any atom is -0.494 e. The summed E-state index contributed by atoms with van der Waals surface area (Å²) in [5.41, 5.74) is 1.82. The van der Waals surface area contributed by atoms with Gasteiger partial charge in [0.05, 0.1) is 12.3 Å². The van der Waals surface area contributed by atoms with Gasteiger partial charge in [-0.2, -0.15) is 5.10 Å². The van der Waals surface area contributed by atoms with Gasteiger partial charge >= 0.3 is 0 Å². The Kier molecular flexibility index (Phi) is 4.39. The molecule has 116 valence electrons. The minimum atomic E-state index is -0.356. The molecule has 0 radical (unpaired) electrons. The molecule has 1 aromatic heterocycles. The van der Waals surface area contributed by atoms with Crippen molar-refractivity contribution in [3.8, 4) is 17.0 Å². The van der Waals surface area contributed by atoms with Crippen molar-refractivity contribution in [1.29, 1.82) is 0 Å². The molecular weight excluding hydrogens is 282 g/mol. The highest BCUT2D eigenvalue weighted by molar-refractivity contribution is 5.93. The van der Waals surface area contributed by atoms with Gasteiger partial charge in [-0.3, -0.25) is 9.89 Å². The SMILES string of the molecule is CCOc1ccc(-c2cc(NC(=O)[C@H]3CCCO3)n[nH]2)cc1. The summed E-state index contributed by atoms with van der Waals surface area (Å²) in [6, 6.07) is 9.52. The average molecular weight is 301 g/mol. The van der Waals surface area contributed by atoms with Gasteiger partial charge < -0.3 is 14.8 Å². The van der Waals surface area contributed by atoms with E-state index in [4.69, 9.17) is 9.47 Å². The van der Waals surface area contributed by atoms with Gasteiger partial charge in [0.15, 0.2) is 5.82 Å². The number of rotatable bonds is 5. The summed E-state index contributed by atoms with van der Waals surface area (Å²) >= 11 is 0. The Labute approximate surface area is 128 Å². The van der Waals surface area contributed by atoms with Crippen LogP contribution >= 0.6 is 0 Å². The van der Waals surface area contributed by atoms with Crippen LogP contribution in [0.1, 0.15) is 19.8 Å². The Morgan fingerprint density at radius 1 is 1.45 bits per heavy atom. The van der Waals surface area contributed by atoms with Crippen LogP contribution < -0.4 is 10.1 Å². The van der Waals surface area contributed by atoms with E-state index in [9.17, 15) is 4.79 Å². The lowest BCUT2D eigenvalue weighted by Crippen LogP contribution is -2.26. The van der Waals surface area contributed by atoms with Crippen LogP contribution in [0, 0.1) is 0 Å². The van der Waals surface area contributed by atoms with E-state index in [0.717, 1.165) is 29.8 Å². The zero-order valence-electron chi connectivity index (χ0n) is 12.5. The lowest BCUT2D eigenvalue weighted by atomic mass is 10.1. The van der Waals surface area contributed by atoms with Crippen LogP contribution in [0.2, 0.25) is 0 Å². The molecule has 0 aliphatic carbocycles. The second-order valence-electron chi connectivity index (χ2n) is 5.12. The molecule has 1 aliphatic heterocycles. The molecule has 2 N–H and O–H groups in total. The predicted molar refractivity (Wildman–Crippen MR) is 82.8 cm³/mol. The molecule has 1 saturated heterocycles. The molecule has 2 aromatic rings. The largest absolute Gasteiger partial charge is 0.494 e. The number of hydrogen-bond donors (Lipinski definition) is 2. The third-order valence-corrected chi connectivity index (χ3v) is 3.53. The third kappa shape index (κ3) is 3.28. The summed E-state index contributed by atoms with van der Waals surface area (Å²) < 4.78 is 10.8. The summed E-state index contributed by atoms with van der Waals surface area (Å²) in [5.74, 6) is 1.20. The number of carbonyl (C=O) groups is 1. The zero-order chi connectivity index (χ0) is 15.4. The van der Waals surface area contributed by atoms with Crippen molar-refractivity contribution in [3.63, 3.8) is 0 Å². The van der Waals surface area contributed by atoms with Crippen LogP contribution in [-0.2, 0) is 9.53 Å². The van der Waals surface area contributed by atoms with Gasteiger partial charge in [0.1, 0.15) is 11.9 Å². The maximum Gasteiger partial charge on any atom is 0.254 e. The molecule has 0 unspecified atom stereocenters. The molecule has 1 aliphatic rings. The molecule has 0 bridgehead atoms. The molecule has 1 fully saturated rings. The molecule has 22 heavy (non-hydrogen) atoms. The molecule has 6 nitrogen and oxygen atoms in total. The van der Waals surface area contributed by atoms with E-state index in [2.05, 4.69) is 15.5 Å². The van der Waals surface area contributed by atoms with Gasteiger partial charge in [-0.1, -0.05) is 0 Å². The first-order valence-electron chi connectivity index (χ1n) is 7.47. The first-order chi connectivity index (χ1) is 10.8. The normalized spacial score (nSPS) is 17.4. The van der Waals surface area contributed by atoms with Crippen molar-refractivity contribution in [1.82, 2.24) is 10.2 Å². The monoisotopic (exact) mass is 301 g/mol. The van der Waals surface area contributed by atoms with E-state index in [-0.39, 0.29) is 12.0 Å². The molecule has 6 heteroatoms. The Morgan fingerprint density at radius 3 is 2.95 bits per heavy atom. The highest BCUT2D eigenvalue weighted by Crippen LogP contribution is 2.23. The number of amides is 1. The van der Waals surface area contributed by atoms with Crippen molar-refractivity contribution in [2.24, 2.45) is 0 Å². The van der Waals surface area contributed by atoms with Gasteiger partial charge in [0.25, 0.3) is 5.91 Å². The topological polar surface area (TPSA) is 76.2 Å². The number of nitrogens with zero attached hydrogens (tertiary/aromatic N) is 1. The Bertz CT molecular complexity index is 630. The second-order valence-corrected chi connectivity index (χ2v) is 5.12. The van der Waals surface area contributed by atoms with E-state index >= 15 is 0 Å². The third-order valence-electron chi connectivity index (χ3n) is 3.53. The molecule has 0 spiro atoms. The number of nitrogens with one attached hydrogen (secondary N) is 2. The lowest BCUT2D eigenvalue weighted by Gasteiger charge is -2.07. The molecule has 1 amide bonds. The van der Waals surface area contributed by atoms with Crippen LogP contribution in [-0.4, -0.2) is 35.4 Å². The lowest BCUT2D eigenvalue weighted by molar-refractivity contribution is -0.124. The van der Waals surface area contributed by atoms with E-state index < -0.39 is 0 Å². The van der Waals surface area contributed by atoms with Gasteiger partial charge in [-0.15, -0.1) is 0 Å². The summed E-state index contributed by atoms with van der Waals surface area (Å²) in [5, 5.41) is 9.82. The van der Waals surface area contributed by atoms with Gasteiger partial charge in [0.2, 0.25) is 0 Å². The molecule has 1 aromatic carbocycles. The predicted octanol–water partition coefficient (Wildman–Crippen LogP) is 2.59. The number of anilines is 1. The van der Waals surface area contributed by atoms with Gasteiger partial charge in [0, 0.05) is 12.7 Å². The molecule has 1 atom stereocenters. The van der Waals surface area contributed by atoms with E-state index in [1.54, 1.807) is 0 Å². The van der Waals surface area contributed by atoms with Crippen LogP contribution in [0.4, 0.5) is 5.82 Å². The van der Waals surface area contributed by atoms with Crippen LogP contribution in [0.3, 0.4) is 0 Å². The molecule has 3 rings (SSSR count). The smallest absolute Gasteiger partial charge is 0.254 e. The van der Waals surface area contributed by atoms with E-state index in [1.807, 2.05) is 37.3 Å². The number of aromatic nitrogens is 2. The minimum absolute atomic E-state index is 0.137. The fourth-order valence-corrected chi connectivity index (χ4v) is 2.42. The first kappa shape index (κ1) is 14.6. The van der Waals surface area contributed by atoms with E-state index in [1.165, 1.54) is 0 Å². The van der Waals surface area contributed by atoms with Crippen LogP contribution in [0.15, 0.2) is 30.3 Å². The van der Waals surface area contributed by atoms with Gasteiger partial charge in [-0.25, -0.2) is 0 Å². The fourth-order valence-electron chi connectivity index (χ4n) is 2.42. The zero-order valence-corrected chi connectivity index (χ0v) is 12.5. The van der Waals surface area contributed by atoms with Crippen molar-refractivity contribution in [2.75, 3.05) is 18.5 Å². The quantitative estimate of drug-likeness (QED) is 0.890. The number of benzene rings is 1. The summed E-state index contributed by atoms with van der Waals surface area (Å²) in [4.78, 5) is 12.0. The molecule has 2 heterocycles. The van der Waals surface area contributed by atoms with Gasteiger partial charge in [-0.05, 0) is 49.6 Å². The summed E-state index contributed by atoms with van der Waals surface area (Å²) in [6.07, 6.45) is 1.34. The maximum absolute atomic E-state index is 12.0. The fraction of sp³-hybridized carbons (Fsp3) is 0.375. The second kappa shape index (κ2) is 6.62.